The molecular formula is C16H16BrNO5S. The Morgan fingerprint density at radius 3 is 2.67 bits per heavy atom. The Morgan fingerprint density at radius 1 is 1.33 bits per heavy atom. The lowest BCUT2D eigenvalue weighted by atomic mass is 10.2. The SMILES string of the molecule is CCOC(=O)COc1ccc(/C=C2/SC(=O)N(CC)C2=O)cc1Br. The number of esters is 1. The van der Waals surface area contributed by atoms with E-state index in [2.05, 4.69) is 15.9 Å². The third-order valence-electron chi connectivity index (χ3n) is 3.09. The van der Waals surface area contributed by atoms with E-state index in [0.29, 0.717) is 28.3 Å². The van der Waals surface area contributed by atoms with Crippen LogP contribution in [0.5, 0.6) is 5.75 Å². The van der Waals surface area contributed by atoms with E-state index < -0.39 is 5.97 Å². The van der Waals surface area contributed by atoms with Gasteiger partial charge in [0.1, 0.15) is 5.75 Å². The minimum Gasteiger partial charge on any atom is -0.481 e. The van der Waals surface area contributed by atoms with Crippen molar-refractivity contribution in [2.45, 2.75) is 13.8 Å². The summed E-state index contributed by atoms with van der Waals surface area (Å²) in [6.45, 7) is 3.96. The molecule has 0 bridgehead atoms. The van der Waals surface area contributed by atoms with Crippen LogP contribution in [0.3, 0.4) is 0 Å². The van der Waals surface area contributed by atoms with E-state index in [1.807, 2.05) is 0 Å². The molecule has 2 amide bonds. The maximum Gasteiger partial charge on any atom is 0.344 e. The summed E-state index contributed by atoms with van der Waals surface area (Å²) in [5, 5.41) is -0.262. The molecule has 0 atom stereocenters. The monoisotopic (exact) mass is 413 g/mol. The summed E-state index contributed by atoms with van der Waals surface area (Å²) in [6, 6.07) is 5.17. The van der Waals surface area contributed by atoms with E-state index in [0.717, 1.165) is 17.3 Å². The van der Waals surface area contributed by atoms with Crippen molar-refractivity contribution in [2.75, 3.05) is 19.8 Å². The van der Waals surface area contributed by atoms with Gasteiger partial charge in [-0.1, -0.05) is 6.07 Å². The first-order valence-electron chi connectivity index (χ1n) is 7.29. The van der Waals surface area contributed by atoms with Gasteiger partial charge < -0.3 is 9.47 Å². The van der Waals surface area contributed by atoms with Gasteiger partial charge >= 0.3 is 5.97 Å². The molecule has 0 unspecified atom stereocenters. The van der Waals surface area contributed by atoms with Crippen LogP contribution in [0, 0.1) is 0 Å². The van der Waals surface area contributed by atoms with Gasteiger partial charge in [-0.2, -0.15) is 0 Å². The number of carbonyl (C=O) groups excluding carboxylic acids is 3. The molecule has 8 heteroatoms. The first-order valence-corrected chi connectivity index (χ1v) is 8.90. The van der Waals surface area contributed by atoms with Gasteiger partial charge in [-0.15, -0.1) is 0 Å². The number of benzene rings is 1. The van der Waals surface area contributed by atoms with Crippen molar-refractivity contribution in [1.29, 1.82) is 0 Å². The maximum atomic E-state index is 12.1. The van der Waals surface area contributed by atoms with Crippen LogP contribution in [0.15, 0.2) is 27.6 Å². The molecule has 1 heterocycles. The number of ether oxygens (including phenoxy) is 2. The van der Waals surface area contributed by atoms with Crippen molar-refractivity contribution in [3.05, 3.63) is 33.1 Å². The summed E-state index contributed by atoms with van der Waals surface area (Å²) >= 11 is 4.28. The number of nitrogens with zero attached hydrogens (tertiary/aromatic N) is 1. The molecule has 6 nitrogen and oxygen atoms in total. The minimum absolute atomic E-state index is 0.179. The smallest absolute Gasteiger partial charge is 0.344 e. The van der Waals surface area contributed by atoms with Crippen LogP contribution in [-0.2, 0) is 14.3 Å². The van der Waals surface area contributed by atoms with Crippen molar-refractivity contribution in [1.82, 2.24) is 4.90 Å². The highest BCUT2D eigenvalue weighted by molar-refractivity contribution is 9.10. The van der Waals surface area contributed by atoms with Gasteiger partial charge in [0.25, 0.3) is 11.1 Å². The molecule has 2 rings (SSSR count). The highest BCUT2D eigenvalue weighted by Crippen LogP contribution is 2.33. The number of amides is 2. The zero-order chi connectivity index (χ0) is 17.7. The molecule has 0 aromatic heterocycles. The van der Waals surface area contributed by atoms with Crippen LogP contribution >= 0.6 is 27.7 Å². The minimum atomic E-state index is -0.443. The Hall–Kier alpha value is -1.80. The van der Waals surface area contributed by atoms with Crippen molar-refractivity contribution < 1.29 is 23.9 Å². The number of hydrogen-bond donors (Lipinski definition) is 0. The van der Waals surface area contributed by atoms with Gasteiger partial charge in [-0.25, -0.2) is 4.79 Å². The Bertz CT molecular complexity index is 704. The zero-order valence-corrected chi connectivity index (χ0v) is 15.6. The van der Waals surface area contributed by atoms with Gasteiger partial charge in [-0.3, -0.25) is 14.5 Å². The fraction of sp³-hybridized carbons (Fsp3) is 0.312. The largest absolute Gasteiger partial charge is 0.481 e. The summed E-state index contributed by atoms with van der Waals surface area (Å²) < 4.78 is 10.8. The van der Waals surface area contributed by atoms with Crippen molar-refractivity contribution in [3.8, 4) is 5.75 Å². The molecule has 1 saturated heterocycles. The summed E-state index contributed by atoms with van der Waals surface area (Å²) in [5.41, 5.74) is 0.743. The van der Waals surface area contributed by atoms with Crippen molar-refractivity contribution >= 4 is 50.9 Å². The summed E-state index contributed by atoms with van der Waals surface area (Å²) in [6.07, 6.45) is 1.65. The van der Waals surface area contributed by atoms with Gasteiger partial charge in [0, 0.05) is 6.54 Å². The van der Waals surface area contributed by atoms with Crippen molar-refractivity contribution in [3.63, 3.8) is 0 Å². The van der Waals surface area contributed by atoms with E-state index in [1.165, 1.54) is 4.90 Å². The molecule has 24 heavy (non-hydrogen) atoms. The maximum absolute atomic E-state index is 12.1. The number of carbonyl (C=O) groups is 3. The molecule has 0 radical (unpaired) electrons. The molecular weight excluding hydrogens is 398 g/mol. The fourth-order valence-corrected chi connectivity index (χ4v) is 3.40. The highest BCUT2D eigenvalue weighted by Gasteiger charge is 2.33. The number of hydrogen-bond acceptors (Lipinski definition) is 6. The average Bonchev–Trinajstić information content (AvgIpc) is 2.80. The van der Waals surface area contributed by atoms with Gasteiger partial charge in [0.05, 0.1) is 16.0 Å². The summed E-state index contributed by atoms with van der Waals surface area (Å²) in [4.78, 5) is 36.6. The predicted molar refractivity (Wildman–Crippen MR) is 94.6 cm³/mol. The van der Waals surface area contributed by atoms with E-state index in [-0.39, 0.29) is 17.8 Å². The summed E-state index contributed by atoms with van der Waals surface area (Å²) in [5.74, 6) is -0.241. The molecule has 1 aliphatic rings. The first-order chi connectivity index (χ1) is 11.5. The zero-order valence-electron chi connectivity index (χ0n) is 13.2. The Morgan fingerprint density at radius 2 is 2.08 bits per heavy atom. The van der Waals surface area contributed by atoms with E-state index in [1.54, 1.807) is 38.1 Å². The third kappa shape index (κ3) is 4.39. The van der Waals surface area contributed by atoms with Crippen LogP contribution in [-0.4, -0.2) is 41.8 Å². The molecule has 0 aliphatic carbocycles. The van der Waals surface area contributed by atoms with Gasteiger partial charge in [0.2, 0.25) is 0 Å². The normalized spacial score (nSPS) is 16.0. The molecule has 1 aliphatic heterocycles. The Kier molecular flexibility index (Phi) is 6.44. The van der Waals surface area contributed by atoms with Crippen molar-refractivity contribution in [2.24, 2.45) is 0 Å². The van der Waals surface area contributed by atoms with Gasteiger partial charge in [0.15, 0.2) is 6.61 Å². The molecule has 1 fully saturated rings. The molecule has 1 aromatic rings. The number of imide groups is 1. The van der Waals surface area contributed by atoms with Crippen LogP contribution in [0.2, 0.25) is 0 Å². The number of halogens is 1. The lowest BCUT2D eigenvalue weighted by molar-refractivity contribution is -0.145. The molecule has 0 saturated carbocycles. The van der Waals surface area contributed by atoms with Crippen LogP contribution < -0.4 is 4.74 Å². The molecule has 1 aromatic carbocycles. The lowest BCUT2D eigenvalue weighted by Gasteiger charge is -2.08. The van der Waals surface area contributed by atoms with E-state index in [4.69, 9.17) is 9.47 Å². The Labute approximate surface area is 152 Å². The average molecular weight is 414 g/mol. The predicted octanol–water partition coefficient (Wildman–Crippen LogP) is 3.45. The number of likely N-dealkylation sites (N-methyl/N-ethyl adjacent to an activating group) is 1. The number of rotatable bonds is 6. The highest BCUT2D eigenvalue weighted by atomic mass is 79.9. The van der Waals surface area contributed by atoms with Crippen LogP contribution in [0.1, 0.15) is 19.4 Å². The first kappa shape index (κ1) is 18.5. The quantitative estimate of drug-likeness (QED) is 0.525. The topological polar surface area (TPSA) is 72.9 Å². The second-order valence-electron chi connectivity index (χ2n) is 4.71. The lowest BCUT2D eigenvalue weighted by Crippen LogP contribution is -2.27. The van der Waals surface area contributed by atoms with E-state index in [9.17, 15) is 14.4 Å². The molecule has 0 spiro atoms. The fourth-order valence-electron chi connectivity index (χ4n) is 1.99. The second-order valence-corrected chi connectivity index (χ2v) is 6.56. The van der Waals surface area contributed by atoms with E-state index >= 15 is 0 Å². The molecule has 0 N–H and O–H groups in total. The summed E-state index contributed by atoms with van der Waals surface area (Å²) in [7, 11) is 0. The standard InChI is InChI=1S/C16H16BrNO5S/c1-3-18-15(20)13(24-16(18)21)8-10-5-6-12(11(17)7-10)23-9-14(19)22-4-2/h5-8H,3-4,9H2,1-2H3/b13-8+. The third-order valence-corrected chi connectivity index (χ3v) is 4.62. The Balaban J connectivity index is 2.10. The van der Waals surface area contributed by atoms with Crippen LogP contribution in [0.4, 0.5) is 4.79 Å². The molecule has 128 valence electrons. The van der Waals surface area contributed by atoms with Crippen LogP contribution in [0.25, 0.3) is 6.08 Å². The second kappa shape index (κ2) is 8.34. The number of thioether (sulfide) groups is 1. The van der Waals surface area contributed by atoms with Gasteiger partial charge in [-0.05, 0) is 65.3 Å².